The molecule has 0 spiro atoms. The van der Waals surface area contributed by atoms with Crippen LogP contribution >= 0.6 is 0 Å². The maximum Gasteiger partial charge on any atom is 0.223 e. The van der Waals surface area contributed by atoms with Crippen molar-refractivity contribution < 1.29 is 28.8 Å². The van der Waals surface area contributed by atoms with Gasteiger partial charge in [-0.15, -0.1) is 6.58 Å². The van der Waals surface area contributed by atoms with Gasteiger partial charge in [-0.2, -0.15) is 0 Å². The summed E-state index contributed by atoms with van der Waals surface area (Å²) < 4.78 is 30.9. The molecule has 0 bridgehead atoms. The SMILES string of the molecule is C=CCOC1OC(COCc2ccccc2)C(O)CC1(OCc1ccccc1)OCc1ccccc1. The van der Waals surface area contributed by atoms with Crippen LogP contribution in [0.25, 0.3) is 0 Å². The highest BCUT2D eigenvalue weighted by atomic mass is 16.8. The van der Waals surface area contributed by atoms with Gasteiger partial charge in [0.05, 0.1) is 39.1 Å². The molecule has 0 aromatic heterocycles. The van der Waals surface area contributed by atoms with Gasteiger partial charge in [0.2, 0.25) is 12.1 Å². The van der Waals surface area contributed by atoms with Gasteiger partial charge in [-0.1, -0.05) is 97.1 Å². The maximum atomic E-state index is 11.1. The van der Waals surface area contributed by atoms with Gasteiger partial charge in [0.15, 0.2) is 0 Å². The summed E-state index contributed by atoms with van der Waals surface area (Å²) in [4.78, 5) is 0. The van der Waals surface area contributed by atoms with Gasteiger partial charge in [-0.3, -0.25) is 0 Å². The number of hydrogen-bond donors (Lipinski definition) is 1. The molecular weight excluding hydrogens is 456 g/mol. The molecule has 1 N–H and O–H groups in total. The smallest absolute Gasteiger partial charge is 0.223 e. The van der Waals surface area contributed by atoms with Crippen LogP contribution in [0.2, 0.25) is 0 Å². The fraction of sp³-hybridized carbons (Fsp3) is 0.333. The van der Waals surface area contributed by atoms with Crippen LogP contribution in [0.3, 0.4) is 0 Å². The van der Waals surface area contributed by atoms with Crippen molar-refractivity contribution in [3.63, 3.8) is 0 Å². The van der Waals surface area contributed by atoms with E-state index in [1.165, 1.54) is 0 Å². The quantitative estimate of drug-likeness (QED) is 0.268. The Morgan fingerprint density at radius 3 is 1.81 bits per heavy atom. The monoisotopic (exact) mass is 490 g/mol. The van der Waals surface area contributed by atoms with Crippen molar-refractivity contribution in [2.45, 2.75) is 50.5 Å². The number of rotatable bonds is 13. The number of benzene rings is 3. The molecule has 3 aromatic carbocycles. The Morgan fingerprint density at radius 2 is 1.31 bits per heavy atom. The van der Waals surface area contributed by atoms with E-state index in [1.807, 2.05) is 91.0 Å². The minimum Gasteiger partial charge on any atom is -0.390 e. The average molecular weight is 491 g/mol. The molecule has 6 nitrogen and oxygen atoms in total. The third-order valence-corrected chi connectivity index (χ3v) is 5.99. The molecule has 1 fully saturated rings. The molecule has 3 unspecified atom stereocenters. The predicted molar refractivity (Wildman–Crippen MR) is 137 cm³/mol. The lowest BCUT2D eigenvalue weighted by atomic mass is 9.98. The standard InChI is InChI=1S/C30H34O6/c1-2-18-33-29-30(34-21-25-14-8-4-9-15-25,35-22-26-16-10-5-11-17-26)19-27(31)28(36-29)23-32-20-24-12-6-3-7-13-24/h2-17,27-29,31H,1,18-23H2. The number of ether oxygens (including phenoxy) is 5. The van der Waals surface area contributed by atoms with Crippen LogP contribution in [-0.2, 0) is 43.5 Å². The minimum atomic E-state index is -1.33. The Labute approximate surface area is 213 Å². The highest BCUT2D eigenvalue weighted by Crippen LogP contribution is 2.36. The average Bonchev–Trinajstić information content (AvgIpc) is 2.93. The van der Waals surface area contributed by atoms with Crippen molar-refractivity contribution in [3.8, 4) is 0 Å². The van der Waals surface area contributed by atoms with Crippen LogP contribution in [0.1, 0.15) is 23.1 Å². The van der Waals surface area contributed by atoms with Gasteiger partial charge in [0.25, 0.3) is 0 Å². The third kappa shape index (κ3) is 7.34. The van der Waals surface area contributed by atoms with Crippen molar-refractivity contribution in [1.82, 2.24) is 0 Å². The molecule has 1 aliphatic rings. The van der Waals surface area contributed by atoms with E-state index in [0.29, 0.717) is 6.61 Å². The molecular formula is C30H34O6. The van der Waals surface area contributed by atoms with Gasteiger partial charge in [-0.25, -0.2) is 0 Å². The van der Waals surface area contributed by atoms with E-state index in [-0.39, 0.29) is 32.8 Å². The Bertz CT molecular complexity index is 984. The van der Waals surface area contributed by atoms with E-state index in [1.54, 1.807) is 6.08 Å². The molecule has 1 saturated heterocycles. The number of aliphatic hydroxyl groups is 1. The zero-order valence-corrected chi connectivity index (χ0v) is 20.4. The summed E-state index contributed by atoms with van der Waals surface area (Å²) in [5, 5.41) is 11.1. The Balaban J connectivity index is 1.49. The third-order valence-electron chi connectivity index (χ3n) is 5.99. The minimum absolute atomic E-state index is 0.161. The van der Waals surface area contributed by atoms with Crippen LogP contribution < -0.4 is 0 Å². The van der Waals surface area contributed by atoms with Crippen molar-refractivity contribution >= 4 is 0 Å². The Hall–Kier alpha value is -2.84. The fourth-order valence-corrected chi connectivity index (χ4v) is 4.07. The molecule has 3 atom stereocenters. The fourth-order valence-electron chi connectivity index (χ4n) is 4.07. The molecule has 0 aliphatic carbocycles. The van der Waals surface area contributed by atoms with Gasteiger partial charge in [0.1, 0.15) is 6.10 Å². The summed E-state index contributed by atoms with van der Waals surface area (Å²) in [6.45, 7) is 5.17. The molecule has 1 aliphatic heterocycles. The summed E-state index contributed by atoms with van der Waals surface area (Å²) in [7, 11) is 0. The molecule has 1 heterocycles. The van der Waals surface area contributed by atoms with Crippen molar-refractivity contribution in [2.75, 3.05) is 13.2 Å². The Kier molecular flexibility index (Phi) is 9.81. The van der Waals surface area contributed by atoms with E-state index in [2.05, 4.69) is 6.58 Å². The largest absolute Gasteiger partial charge is 0.390 e. The first-order chi connectivity index (χ1) is 17.7. The predicted octanol–water partition coefficient (Wildman–Crippen LogP) is 5.01. The van der Waals surface area contributed by atoms with Crippen LogP contribution in [0, 0.1) is 0 Å². The lowest BCUT2D eigenvalue weighted by Gasteiger charge is -2.46. The molecule has 36 heavy (non-hydrogen) atoms. The van der Waals surface area contributed by atoms with Crippen molar-refractivity contribution in [3.05, 3.63) is 120 Å². The maximum absolute atomic E-state index is 11.1. The van der Waals surface area contributed by atoms with Crippen LogP contribution in [0.5, 0.6) is 0 Å². The second-order valence-corrected chi connectivity index (χ2v) is 8.76. The lowest BCUT2D eigenvalue weighted by molar-refractivity contribution is -0.402. The zero-order valence-electron chi connectivity index (χ0n) is 20.4. The first-order valence-corrected chi connectivity index (χ1v) is 12.2. The molecule has 0 saturated carbocycles. The van der Waals surface area contributed by atoms with Crippen LogP contribution in [0.15, 0.2) is 104 Å². The Morgan fingerprint density at radius 1 is 0.806 bits per heavy atom. The molecule has 4 rings (SSSR count). The summed E-state index contributed by atoms with van der Waals surface area (Å²) in [5.74, 6) is -1.33. The highest BCUT2D eigenvalue weighted by molar-refractivity contribution is 5.15. The van der Waals surface area contributed by atoms with E-state index in [0.717, 1.165) is 16.7 Å². The van der Waals surface area contributed by atoms with E-state index >= 15 is 0 Å². The summed E-state index contributed by atoms with van der Waals surface area (Å²) in [6, 6.07) is 29.5. The summed E-state index contributed by atoms with van der Waals surface area (Å²) in [5.41, 5.74) is 3.00. The topological polar surface area (TPSA) is 66.4 Å². The normalized spacial score (nSPS) is 21.2. The first-order valence-electron chi connectivity index (χ1n) is 12.2. The lowest BCUT2D eigenvalue weighted by Crippen LogP contribution is -2.60. The highest BCUT2D eigenvalue weighted by Gasteiger charge is 2.52. The van der Waals surface area contributed by atoms with Crippen molar-refractivity contribution in [1.29, 1.82) is 0 Å². The second kappa shape index (κ2) is 13.5. The molecule has 0 radical (unpaired) electrons. The molecule has 190 valence electrons. The molecule has 0 amide bonds. The van der Waals surface area contributed by atoms with E-state index < -0.39 is 24.3 Å². The van der Waals surface area contributed by atoms with Gasteiger partial charge in [0, 0.05) is 6.42 Å². The van der Waals surface area contributed by atoms with Crippen LogP contribution in [-0.4, -0.2) is 42.6 Å². The van der Waals surface area contributed by atoms with E-state index in [9.17, 15) is 5.11 Å². The molecule has 6 heteroatoms. The molecule has 3 aromatic rings. The van der Waals surface area contributed by atoms with Gasteiger partial charge in [-0.05, 0) is 16.7 Å². The summed E-state index contributed by atoms with van der Waals surface area (Å²) in [6.07, 6.45) is -0.563. The van der Waals surface area contributed by atoms with Gasteiger partial charge < -0.3 is 28.8 Å². The zero-order chi connectivity index (χ0) is 25.1. The summed E-state index contributed by atoms with van der Waals surface area (Å²) >= 11 is 0. The first kappa shape index (κ1) is 26.2. The number of hydrogen-bond acceptors (Lipinski definition) is 6. The second-order valence-electron chi connectivity index (χ2n) is 8.76. The van der Waals surface area contributed by atoms with Crippen molar-refractivity contribution in [2.24, 2.45) is 0 Å². The van der Waals surface area contributed by atoms with Gasteiger partial charge >= 0.3 is 0 Å². The van der Waals surface area contributed by atoms with Crippen LogP contribution in [0.4, 0.5) is 0 Å². The number of aliphatic hydroxyl groups excluding tert-OH is 1. The van der Waals surface area contributed by atoms with E-state index in [4.69, 9.17) is 23.7 Å².